The van der Waals surface area contributed by atoms with Gasteiger partial charge in [0.1, 0.15) is 5.56 Å². The molecule has 0 saturated carbocycles. The van der Waals surface area contributed by atoms with Gasteiger partial charge in [-0.3, -0.25) is 9.69 Å². The van der Waals surface area contributed by atoms with Crippen molar-refractivity contribution in [2.75, 3.05) is 13.6 Å². The number of ether oxygens (including phenoxy) is 2. The lowest BCUT2D eigenvalue weighted by Crippen LogP contribution is -2.43. The number of nitrogens with one attached hydrogen (secondary N) is 1. The number of rotatable bonds is 12. The van der Waals surface area contributed by atoms with Crippen molar-refractivity contribution in [3.05, 3.63) is 166 Å². The number of hydrogen-bond acceptors (Lipinski definition) is 6. The minimum absolute atomic E-state index is 0.0836. The Bertz CT molecular complexity index is 2040. The number of aliphatic hydroxyl groups is 2. The standard InChI is InChI=1S/C42H39F5N2O5/c1-24(40(51)28-8-4-3-5-9-28)49(2)22-31-20-33(27-14-12-25(23-50)13-15-27)54-42(53-31)29-18-16-26(17-19-29)32-11-7-6-10-30(32)21-48-41(52)34-35(43)37(45)39(47)38(46)36(34)44/h3-19,24,31,33,40,42,50-51H,20-23H2,1-2H3,(H,48,52)/t24-,31-,33+,40-,42+/m1/s1. The second-order valence-corrected chi connectivity index (χ2v) is 13.3. The fourth-order valence-corrected chi connectivity index (χ4v) is 6.53. The molecule has 12 heteroatoms. The van der Waals surface area contributed by atoms with Crippen molar-refractivity contribution in [2.45, 2.75) is 57.1 Å². The summed E-state index contributed by atoms with van der Waals surface area (Å²) in [5.41, 5.74) is 3.56. The molecule has 0 radical (unpaired) electrons. The van der Waals surface area contributed by atoms with Crippen LogP contribution >= 0.6 is 0 Å². The second-order valence-electron chi connectivity index (χ2n) is 13.3. The first kappa shape index (κ1) is 38.7. The average molecular weight is 747 g/mol. The number of carbonyl (C=O) groups is 1. The number of likely N-dealkylation sites (N-methyl/N-ethyl adjacent to an activating group) is 1. The van der Waals surface area contributed by atoms with Crippen LogP contribution in [0.4, 0.5) is 22.0 Å². The van der Waals surface area contributed by atoms with Crippen molar-refractivity contribution in [1.82, 2.24) is 10.2 Å². The van der Waals surface area contributed by atoms with Crippen LogP contribution in [0.2, 0.25) is 0 Å². The highest BCUT2D eigenvalue weighted by Crippen LogP contribution is 2.39. The fraction of sp³-hybridized carbons (Fsp3) is 0.262. The third-order valence-corrected chi connectivity index (χ3v) is 9.79. The summed E-state index contributed by atoms with van der Waals surface area (Å²) in [4.78, 5) is 14.7. The van der Waals surface area contributed by atoms with Crippen molar-refractivity contribution in [2.24, 2.45) is 0 Å². The van der Waals surface area contributed by atoms with E-state index in [0.29, 0.717) is 29.7 Å². The molecule has 1 heterocycles. The van der Waals surface area contributed by atoms with Gasteiger partial charge < -0.3 is 25.0 Å². The Morgan fingerprint density at radius 2 is 1.39 bits per heavy atom. The van der Waals surface area contributed by atoms with Crippen LogP contribution in [0.5, 0.6) is 0 Å². The third kappa shape index (κ3) is 8.38. The molecular weight excluding hydrogens is 707 g/mol. The van der Waals surface area contributed by atoms with Crippen LogP contribution in [0.1, 0.15) is 70.0 Å². The number of amides is 1. The van der Waals surface area contributed by atoms with Crippen molar-refractivity contribution >= 4 is 5.91 Å². The predicted molar refractivity (Wildman–Crippen MR) is 191 cm³/mol. The molecule has 1 aliphatic heterocycles. The lowest BCUT2D eigenvalue weighted by atomic mass is 9.97. The van der Waals surface area contributed by atoms with E-state index >= 15 is 0 Å². The van der Waals surface area contributed by atoms with Gasteiger partial charge in [-0.25, -0.2) is 22.0 Å². The number of hydrogen-bond donors (Lipinski definition) is 3. The van der Waals surface area contributed by atoms with E-state index in [9.17, 15) is 37.0 Å². The molecular formula is C42H39F5N2O5. The summed E-state index contributed by atoms with van der Waals surface area (Å²) >= 11 is 0. The van der Waals surface area contributed by atoms with Crippen LogP contribution in [-0.2, 0) is 22.6 Å². The molecule has 1 saturated heterocycles. The van der Waals surface area contributed by atoms with E-state index in [1.807, 2.05) is 92.8 Å². The maximum absolute atomic E-state index is 14.3. The molecule has 5 atom stereocenters. The number of carbonyl (C=O) groups excluding carboxylic acids is 1. The third-order valence-electron chi connectivity index (χ3n) is 9.79. The Kier molecular flexibility index (Phi) is 12.2. The van der Waals surface area contributed by atoms with Gasteiger partial charge >= 0.3 is 0 Å². The normalized spacial score (nSPS) is 18.4. The highest BCUT2D eigenvalue weighted by atomic mass is 19.2. The van der Waals surface area contributed by atoms with E-state index in [1.54, 1.807) is 24.3 Å². The maximum Gasteiger partial charge on any atom is 0.257 e. The van der Waals surface area contributed by atoms with E-state index < -0.39 is 53.0 Å². The average Bonchev–Trinajstić information content (AvgIpc) is 3.21. The number of halogens is 5. The monoisotopic (exact) mass is 746 g/mol. The zero-order valence-electron chi connectivity index (χ0n) is 29.5. The molecule has 0 aliphatic carbocycles. The smallest absolute Gasteiger partial charge is 0.257 e. The minimum Gasteiger partial charge on any atom is -0.392 e. The maximum atomic E-state index is 14.3. The molecule has 0 spiro atoms. The fourth-order valence-electron chi connectivity index (χ4n) is 6.53. The lowest BCUT2D eigenvalue weighted by molar-refractivity contribution is -0.253. The minimum atomic E-state index is -2.34. The molecule has 0 aromatic heterocycles. The van der Waals surface area contributed by atoms with Gasteiger partial charge in [-0.2, -0.15) is 0 Å². The van der Waals surface area contributed by atoms with Crippen LogP contribution in [0.25, 0.3) is 11.1 Å². The zero-order chi connectivity index (χ0) is 38.5. The predicted octanol–water partition coefficient (Wildman–Crippen LogP) is 8.07. The van der Waals surface area contributed by atoms with Crippen molar-refractivity contribution < 1.29 is 46.4 Å². The first-order valence-corrected chi connectivity index (χ1v) is 17.4. The van der Waals surface area contributed by atoms with Gasteiger partial charge in [-0.15, -0.1) is 0 Å². The molecule has 0 unspecified atom stereocenters. The van der Waals surface area contributed by atoms with Gasteiger partial charge in [-0.1, -0.05) is 103 Å². The van der Waals surface area contributed by atoms with Gasteiger partial charge in [0.2, 0.25) is 5.82 Å². The molecule has 3 N–H and O–H groups in total. The Balaban J connectivity index is 1.20. The molecule has 7 nitrogen and oxygen atoms in total. The molecule has 6 rings (SSSR count). The van der Waals surface area contributed by atoms with Crippen LogP contribution in [0.15, 0.2) is 103 Å². The van der Waals surface area contributed by atoms with Gasteiger partial charge in [-0.05, 0) is 47.4 Å². The Hall–Kier alpha value is -4.98. The SMILES string of the molecule is C[C@H]([C@@H](O)c1ccccc1)N(C)C[C@H]1C[C@@H](c2ccc(CO)cc2)O[C@@H](c2ccc(-c3ccccc3CNC(=O)c3c(F)c(F)c(F)c(F)c3F)cc2)O1. The van der Waals surface area contributed by atoms with E-state index in [4.69, 9.17) is 9.47 Å². The number of nitrogens with zero attached hydrogens (tertiary/aromatic N) is 1. The second kappa shape index (κ2) is 17.0. The summed E-state index contributed by atoms with van der Waals surface area (Å²) in [6.45, 7) is 2.10. The van der Waals surface area contributed by atoms with Crippen LogP contribution in [-0.4, -0.2) is 46.8 Å². The highest BCUT2D eigenvalue weighted by molar-refractivity contribution is 5.95. The zero-order valence-corrected chi connectivity index (χ0v) is 29.5. The molecule has 54 heavy (non-hydrogen) atoms. The van der Waals surface area contributed by atoms with Crippen molar-refractivity contribution in [1.29, 1.82) is 0 Å². The molecule has 0 bridgehead atoms. The summed E-state index contributed by atoms with van der Waals surface area (Å²) in [6.07, 6.45) is -1.57. The van der Waals surface area contributed by atoms with Crippen LogP contribution in [0, 0.1) is 29.1 Å². The Morgan fingerprint density at radius 3 is 2.04 bits per heavy atom. The van der Waals surface area contributed by atoms with E-state index in [0.717, 1.165) is 22.3 Å². The number of aliphatic hydroxyl groups excluding tert-OH is 2. The molecule has 5 aromatic rings. The van der Waals surface area contributed by atoms with Crippen LogP contribution in [0.3, 0.4) is 0 Å². The largest absolute Gasteiger partial charge is 0.392 e. The van der Waals surface area contributed by atoms with E-state index in [2.05, 4.69) is 10.2 Å². The van der Waals surface area contributed by atoms with Crippen molar-refractivity contribution in [3.8, 4) is 11.1 Å². The topological polar surface area (TPSA) is 91.3 Å². The molecule has 1 aliphatic rings. The molecule has 1 fully saturated rings. The summed E-state index contributed by atoms with van der Waals surface area (Å²) < 4.78 is 82.5. The number of benzene rings is 5. The van der Waals surface area contributed by atoms with Crippen LogP contribution < -0.4 is 5.32 Å². The lowest BCUT2D eigenvalue weighted by Gasteiger charge is -2.39. The Labute approximate surface area is 309 Å². The van der Waals surface area contributed by atoms with Crippen molar-refractivity contribution in [3.63, 3.8) is 0 Å². The molecule has 282 valence electrons. The van der Waals surface area contributed by atoms with Gasteiger partial charge in [0.05, 0.1) is 24.9 Å². The van der Waals surface area contributed by atoms with Gasteiger partial charge in [0, 0.05) is 31.1 Å². The van der Waals surface area contributed by atoms with E-state index in [1.165, 1.54) is 0 Å². The summed E-state index contributed by atoms with van der Waals surface area (Å²) in [6, 6.07) is 31.0. The quantitative estimate of drug-likeness (QED) is 0.0680. The molecule has 5 aromatic carbocycles. The summed E-state index contributed by atoms with van der Waals surface area (Å²) in [7, 11) is 1.94. The summed E-state index contributed by atoms with van der Waals surface area (Å²) in [5, 5.41) is 22.9. The first-order chi connectivity index (χ1) is 26.0. The van der Waals surface area contributed by atoms with Gasteiger partial charge in [0.15, 0.2) is 29.6 Å². The first-order valence-electron chi connectivity index (χ1n) is 17.4. The Morgan fingerprint density at radius 1 is 0.796 bits per heavy atom. The van der Waals surface area contributed by atoms with E-state index in [-0.39, 0.29) is 31.4 Å². The highest BCUT2D eigenvalue weighted by Gasteiger charge is 2.34. The van der Waals surface area contributed by atoms with Gasteiger partial charge in [0.25, 0.3) is 5.91 Å². The summed E-state index contributed by atoms with van der Waals surface area (Å²) in [5.74, 6) is -12.6. The molecule has 1 amide bonds.